The molecule has 1 atom stereocenters. The van der Waals surface area contributed by atoms with Crippen molar-refractivity contribution in [1.29, 1.82) is 0 Å². The Morgan fingerprint density at radius 2 is 1.83 bits per heavy atom. The molecule has 0 aromatic heterocycles. The molecule has 1 spiro atoms. The molecule has 0 amide bonds. The molecule has 1 unspecified atom stereocenters. The minimum absolute atomic E-state index is 0.203. The first-order valence-corrected chi connectivity index (χ1v) is 7.05. The van der Waals surface area contributed by atoms with Crippen molar-refractivity contribution < 1.29 is 19.3 Å². The Morgan fingerprint density at radius 3 is 2.33 bits per heavy atom. The van der Waals surface area contributed by atoms with Gasteiger partial charge in [0.15, 0.2) is 5.79 Å². The second-order valence-electron chi connectivity index (χ2n) is 6.13. The number of ether oxygens (including phenoxy) is 3. The monoisotopic (exact) mass is 258 g/mol. The van der Waals surface area contributed by atoms with Gasteiger partial charge in [-0.05, 0) is 25.7 Å². The summed E-state index contributed by atoms with van der Waals surface area (Å²) in [5.74, 6) is -0.116. The van der Waals surface area contributed by atoms with Gasteiger partial charge in [-0.15, -0.1) is 0 Å². The summed E-state index contributed by atoms with van der Waals surface area (Å²) in [4.78, 5) is 0. The second-order valence-corrected chi connectivity index (χ2v) is 6.13. The van der Waals surface area contributed by atoms with Gasteiger partial charge in [0.2, 0.25) is 0 Å². The van der Waals surface area contributed by atoms with E-state index in [0.29, 0.717) is 19.8 Å². The van der Waals surface area contributed by atoms with Gasteiger partial charge in [0.05, 0.1) is 31.5 Å². The zero-order valence-corrected chi connectivity index (χ0v) is 11.8. The molecule has 4 nitrogen and oxygen atoms in total. The highest BCUT2D eigenvalue weighted by atomic mass is 16.7. The van der Waals surface area contributed by atoms with Crippen molar-refractivity contribution in [3.8, 4) is 0 Å². The predicted molar refractivity (Wildman–Crippen MR) is 68.3 cm³/mol. The molecule has 0 radical (unpaired) electrons. The topological polar surface area (TPSA) is 47.9 Å². The van der Waals surface area contributed by atoms with E-state index >= 15 is 0 Å². The number of hydrogen-bond acceptors (Lipinski definition) is 4. The molecule has 1 N–H and O–H groups in total. The standard InChI is InChI=1S/C14H26O4/c1-11(2)13(3,15)10-16-12-4-6-14(7-5-12)17-8-9-18-14/h11-12,15H,4-10H2,1-3H3. The molecule has 0 aromatic carbocycles. The molecule has 1 heterocycles. The third kappa shape index (κ3) is 3.23. The maximum absolute atomic E-state index is 10.2. The zero-order valence-electron chi connectivity index (χ0n) is 11.8. The van der Waals surface area contributed by atoms with Crippen LogP contribution in [0.5, 0.6) is 0 Å². The van der Waals surface area contributed by atoms with Gasteiger partial charge in [-0.1, -0.05) is 13.8 Å². The van der Waals surface area contributed by atoms with E-state index in [1.54, 1.807) is 0 Å². The molecule has 2 rings (SSSR count). The summed E-state index contributed by atoms with van der Waals surface area (Å²) in [6.07, 6.45) is 3.94. The van der Waals surface area contributed by atoms with Crippen molar-refractivity contribution in [2.24, 2.45) is 5.92 Å². The van der Waals surface area contributed by atoms with E-state index in [-0.39, 0.29) is 17.8 Å². The Hall–Kier alpha value is -0.160. The number of hydrogen-bond donors (Lipinski definition) is 1. The molecule has 2 aliphatic rings. The van der Waals surface area contributed by atoms with Gasteiger partial charge in [0, 0.05) is 12.8 Å². The van der Waals surface area contributed by atoms with Crippen LogP contribution in [0.4, 0.5) is 0 Å². The first kappa shape index (κ1) is 14.3. The highest BCUT2D eigenvalue weighted by Crippen LogP contribution is 2.37. The molecule has 106 valence electrons. The van der Waals surface area contributed by atoms with Gasteiger partial charge in [0.1, 0.15) is 0 Å². The van der Waals surface area contributed by atoms with E-state index in [0.717, 1.165) is 25.7 Å². The van der Waals surface area contributed by atoms with Crippen LogP contribution in [-0.2, 0) is 14.2 Å². The third-order valence-corrected chi connectivity index (χ3v) is 4.36. The molecule has 0 bridgehead atoms. The average molecular weight is 258 g/mol. The lowest BCUT2D eigenvalue weighted by Gasteiger charge is -2.37. The summed E-state index contributed by atoms with van der Waals surface area (Å²) in [6, 6.07) is 0. The fourth-order valence-corrected chi connectivity index (χ4v) is 2.44. The van der Waals surface area contributed by atoms with Crippen LogP contribution in [0, 0.1) is 5.92 Å². The lowest BCUT2D eigenvalue weighted by Crippen LogP contribution is -2.41. The molecule has 1 aliphatic heterocycles. The molecule has 1 saturated heterocycles. The summed E-state index contributed by atoms with van der Waals surface area (Å²) >= 11 is 0. The van der Waals surface area contributed by atoms with Gasteiger partial charge in [-0.2, -0.15) is 0 Å². The Balaban J connectivity index is 1.74. The maximum atomic E-state index is 10.2. The van der Waals surface area contributed by atoms with Gasteiger partial charge in [-0.3, -0.25) is 0 Å². The SMILES string of the molecule is CC(C)C(C)(O)COC1CCC2(CC1)OCCO2. The van der Waals surface area contributed by atoms with E-state index in [9.17, 15) is 5.11 Å². The van der Waals surface area contributed by atoms with Crippen LogP contribution in [0.1, 0.15) is 46.5 Å². The van der Waals surface area contributed by atoms with Gasteiger partial charge in [-0.25, -0.2) is 0 Å². The number of rotatable bonds is 4. The minimum atomic E-state index is -0.741. The Morgan fingerprint density at radius 1 is 1.28 bits per heavy atom. The van der Waals surface area contributed by atoms with Crippen molar-refractivity contribution in [2.75, 3.05) is 19.8 Å². The van der Waals surface area contributed by atoms with Crippen LogP contribution in [-0.4, -0.2) is 42.4 Å². The van der Waals surface area contributed by atoms with E-state index in [1.165, 1.54) is 0 Å². The van der Waals surface area contributed by atoms with Crippen LogP contribution in [0.25, 0.3) is 0 Å². The lowest BCUT2D eigenvalue weighted by molar-refractivity contribution is -0.196. The Bertz CT molecular complexity index is 259. The van der Waals surface area contributed by atoms with Crippen molar-refractivity contribution in [3.63, 3.8) is 0 Å². The van der Waals surface area contributed by atoms with Crippen molar-refractivity contribution >= 4 is 0 Å². The Kier molecular flexibility index (Phi) is 4.32. The zero-order chi connectivity index (χ0) is 13.2. The summed E-state index contributed by atoms with van der Waals surface area (Å²) in [7, 11) is 0. The van der Waals surface area contributed by atoms with E-state index in [4.69, 9.17) is 14.2 Å². The smallest absolute Gasteiger partial charge is 0.168 e. The van der Waals surface area contributed by atoms with E-state index in [1.807, 2.05) is 20.8 Å². The first-order valence-electron chi connectivity index (χ1n) is 7.05. The summed E-state index contributed by atoms with van der Waals surface area (Å²) in [6.45, 7) is 7.70. The van der Waals surface area contributed by atoms with Gasteiger partial charge < -0.3 is 19.3 Å². The average Bonchev–Trinajstić information content (AvgIpc) is 2.77. The van der Waals surface area contributed by atoms with Crippen LogP contribution >= 0.6 is 0 Å². The second kappa shape index (κ2) is 5.45. The molecular weight excluding hydrogens is 232 g/mol. The van der Waals surface area contributed by atoms with Crippen LogP contribution < -0.4 is 0 Å². The summed E-state index contributed by atoms with van der Waals surface area (Å²) < 4.78 is 17.2. The van der Waals surface area contributed by atoms with E-state index in [2.05, 4.69) is 0 Å². The first-order chi connectivity index (χ1) is 8.44. The summed E-state index contributed by atoms with van der Waals surface area (Å²) in [5.41, 5.74) is -0.741. The number of aliphatic hydroxyl groups is 1. The third-order valence-electron chi connectivity index (χ3n) is 4.36. The van der Waals surface area contributed by atoms with Gasteiger partial charge >= 0.3 is 0 Å². The van der Waals surface area contributed by atoms with Crippen LogP contribution in [0.2, 0.25) is 0 Å². The minimum Gasteiger partial charge on any atom is -0.388 e. The molecule has 0 aromatic rings. The normalized spacial score (nSPS) is 27.8. The Labute approximate surface area is 110 Å². The van der Waals surface area contributed by atoms with Gasteiger partial charge in [0.25, 0.3) is 0 Å². The summed E-state index contributed by atoms with van der Waals surface area (Å²) in [5, 5.41) is 10.2. The van der Waals surface area contributed by atoms with E-state index < -0.39 is 5.60 Å². The van der Waals surface area contributed by atoms with Crippen LogP contribution in [0.15, 0.2) is 0 Å². The predicted octanol–water partition coefficient (Wildman–Crippen LogP) is 2.10. The largest absolute Gasteiger partial charge is 0.388 e. The highest BCUT2D eigenvalue weighted by Gasteiger charge is 2.41. The molecule has 1 saturated carbocycles. The fraction of sp³-hybridized carbons (Fsp3) is 1.00. The van der Waals surface area contributed by atoms with Crippen molar-refractivity contribution in [3.05, 3.63) is 0 Å². The van der Waals surface area contributed by atoms with Crippen molar-refractivity contribution in [1.82, 2.24) is 0 Å². The molecular formula is C14H26O4. The molecule has 1 aliphatic carbocycles. The maximum Gasteiger partial charge on any atom is 0.168 e. The molecule has 2 fully saturated rings. The lowest BCUT2D eigenvalue weighted by atomic mass is 9.90. The highest BCUT2D eigenvalue weighted by molar-refractivity contribution is 4.84. The van der Waals surface area contributed by atoms with Crippen molar-refractivity contribution in [2.45, 2.75) is 63.9 Å². The quantitative estimate of drug-likeness (QED) is 0.839. The molecule has 18 heavy (non-hydrogen) atoms. The molecule has 4 heteroatoms. The fourth-order valence-electron chi connectivity index (χ4n) is 2.44. The van der Waals surface area contributed by atoms with Crippen LogP contribution in [0.3, 0.4) is 0 Å².